The average molecular weight is 342 g/mol. The third kappa shape index (κ3) is 5.91. The number of hydrogen-bond donors (Lipinski definition) is 2. The Morgan fingerprint density at radius 3 is 2.40 bits per heavy atom. The number of carboxylic acid groups (broad SMARTS) is 1. The molecule has 0 fully saturated rings. The van der Waals surface area contributed by atoms with E-state index in [0.29, 0.717) is 6.42 Å². The zero-order valence-electron chi connectivity index (χ0n) is 14.5. The van der Waals surface area contributed by atoms with Gasteiger partial charge in [0.15, 0.2) is 0 Å². The van der Waals surface area contributed by atoms with Crippen molar-refractivity contribution in [3.63, 3.8) is 0 Å². The van der Waals surface area contributed by atoms with Gasteiger partial charge < -0.3 is 15.2 Å². The van der Waals surface area contributed by atoms with Crippen molar-refractivity contribution in [2.24, 2.45) is 0 Å². The van der Waals surface area contributed by atoms with Crippen LogP contribution in [-0.4, -0.2) is 27.8 Å². The predicted octanol–water partition coefficient (Wildman–Crippen LogP) is 3.59. The molecular formula is C19H22N2O4. The van der Waals surface area contributed by atoms with E-state index in [1.54, 1.807) is 63.5 Å². The minimum Gasteiger partial charge on any atom is -0.478 e. The Morgan fingerprint density at radius 2 is 1.88 bits per heavy atom. The van der Waals surface area contributed by atoms with Gasteiger partial charge in [-0.3, -0.25) is 4.98 Å². The van der Waals surface area contributed by atoms with Gasteiger partial charge >= 0.3 is 12.1 Å². The monoisotopic (exact) mass is 342 g/mol. The van der Waals surface area contributed by atoms with Gasteiger partial charge in [-0.2, -0.15) is 0 Å². The molecule has 2 aromatic rings. The van der Waals surface area contributed by atoms with Crippen LogP contribution in [0.15, 0.2) is 48.8 Å². The second-order valence-electron chi connectivity index (χ2n) is 6.69. The first-order chi connectivity index (χ1) is 11.7. The summed E-state index contributed by atoms with van der Waals surface area (Å²) in [6.07, 6.45) is 3.33. The molecule has 0 aliphatic heterocycles. The zero-order valence-corrected chi connectivity index (χ0v) is 14.5. The summed E-state index contributed by atoms with van der Waals surface area (Å²) in [7, 11) is 0. The molecule has 25 heavy (non-hydrogen) atoms. The number of pyridine rings is 1. The van der Waals surface area contributed by atoms with Gasteiger partial charge in [-0.25, -0.2) is 9.59 Å². The predicted molar refractivity (Wildman–Crippen MR) is 93.5 cm³/mol. The van der Waals surface area contributed by atoms with Crippen LogP contribution in [0.25, 0.3) is 0 Å². The molecule has 0 radical (unpaired) electrons. The summed E-state index contributed by atoms with van der Waals surface area (Å²) >= 11 is 0. The minimum atomic E-state index is -0.970. The number of carboxylic acids is 1. The maximum atomic E-state index is 12.1. The molecule has 0 saturated heterocycles. The molecule has 0 bridgehead atoms. The van der Waals surface area contributed by atoms with Crippen LogP contribution in [0.1, 0.15) is 48.3 Å². The molecule has 0 saturated carbocycles. The Balaban J connectivity index is 2.17. The Hall–Kier alpha value is -2.89. The second-order valence-corrected chi connectivity index (χ2v) is 6.69. The van der Waals surface area contributed by atoms with Crippen molar-refractivity contribution in [2.75, 3.05) is 0 Å². The number of hydrogen-bond acceptors (Lipinski definition) is 4. The summed E-state index contributed by atoms with van der Waals surface area (Å²) in [5.41, 5.74) is 1.37. The Labute approximate surface area is 146 Å². The first kappa shape index (κ1) is 18.4. The van der Waals surface area contributed by atoms with Gasteiger partial charge in [-0.05, 0) is 56.5 Å². The number of benzene rings is 1. The molecule has 2 N–H and O–H groups in total. The highest BCUT2D eigenvalue weighted by molar-refractivity contribution is 5.87. The van der Waals surface area contributed by atoms with Gasteiger partial charge in [0, 0.05) is 12.4 Å². The Kier molecular flexibility index (Phi) is 5.75. The fraction of sp³-hybridized carbons (Fsp3) is 0.316. The van der Waals surface area contributed by atoms with E-state index >= 15 is 0 Å². The van der Waals surface area contributed by atoms with Gasteiger partial charge in [0.25, 0.3) is 0 Å². The van der Waals surface area contributed by atoms with Gasteiger partial charge in [0.1, 0.15) is 5.60 Å². The van der Waals surface area contributed by atoms with E-state index in [-0.39, 0.29) is 11.6 Å². The van der Waals surface area contributed by atoms with E-state index < -0.39 is 17.7 Å². The number of rotatable bonds is 5. The smallest absolute Gasteiger partial charge is 0.408 e. The molecule has 1 aromatic heterocycles. The lowest BCUT2D eigenvalue weighted by Crippen LogP contribution is -2.35. The molecular weight excluding hydrogens is 320 g/mol. The van der Waals surface area contributed by atoms with Crippen LogP contribution in [0.3, 0.4) is 0 Å². The fourth-order valence-electron chi connectivity index (χ4n) is 2.30. The van der Waals surface area contributed by atoms with Crippen molar-refractivity contribution in [1.82, 2.24) is 10.3 Å². The molecule has 132 valence electrons. The van der Waals surface area contributed by atoms with Crippen molar-refractivity contribution in [3.8, 4) is 0 Å². The van der Waals surface area contributed by atoms with Gasteiger partial charge in [0.2, 0.25) is 0 Å². The Morgan fingerprint density at radius 1 is 1.20 bits per heavy atom. The van der Waals surface area contributed by atoms with E-state index in [0.717, 1.165) is 11.1 Å². The summed E-state index contributed by atoms with van der Waals surface area (Å²) in [4.78, 5) is 27.2. The van der Waals surface area contributed by atoms with Gasteiger partial charge in [0.05, 0.1) is 11.6 Å². The van der Waals surface area contributed by atoms with Crippen molar-refractivity contribution < 1.29 is 19.4 Å². The molecule has 1 amide bonds. The highest BCUT2D eigenvalue weighted by Crippen LogP contribution is 2.19. The molecule has 6 nitrogen and oxygen atoms in total. The summed E-state index contributed by atoms with van der Waals surface area (Å²) in [6, 6.07) is 9.91. The van der Waals surface area contributed by atoms with E-state index in [2.05, 4.69) is 10.3 Å². The van der Waals surface area contributed by atoms with E-state index in [4.69, 9.17) is 9.84 Å². The van der Waals surface area contributed by atoms with Crippen molar-refractivity contribution in [3.05, 3.63) is 65.5 Å². The number of nitrogens with one attached hydrogen (secondary N) is 1. The van der Waals surface area contributed by atoms with E-state index in [9.17, 15) is 9.59 Å². The number of aromatic carboxylic acids is 1. The number of carbonyl (C=O) groups excluding carboxylic acids is 1. The highest BCUT2D eigenvalue weighted by Gasteiger charge is 2.21. The molecule has 1 aromatic carbocycles. The molecule has 0 spiro atoms. The standard InChI is InChI=1S/C19H22N2O4/c1-19(2,3)25-18(24)21-16(15-5-4-10-20-12-15)11-13-6-8-14(9-7-13)17(22)23/h4-10,12,16H,11H2,1-3H3,(H,21,24)(H,22,23). The van der Waals surface area contributed by atoms with Crippen LogP contribution in [0.5, 0.6) is 0 Å². The maximum Gasteiger partial charge on any atom is 0.408 e. The molecule has 1 heterocycles. The summed E-state index contributed by atoms with van der Waals surface area (Å²) in [6.45, 7) is 5.41. The molecule has 1 unspecified atom stereocenters. The zero-order chi connectivity index (χ0) is 18.4. The van der Waals surface area contributed by atoms with Crippen LogP contribution < -0.4 is 5.32 Å². The topological polar surface area (TPSA) is 88.5 Å². The molecule has 2 rings (SSSR count). The van der Waals surface area contributed by atoms with Gasteiger partial charge in [-0.15, -0.1) is 0 Å². The summed E-state index contributed by atoms with van der Waals surface area (Å²) in [5.74, 6) is -0.970. The van der Waals surface area contributed by atoms with E-state index in [1.165, 1.54) is 0 Å². The normalized spacial score (nSPS) is 12.3. The van der Waals surface area contributed by atoms with Crippen molar-refractivity contribution >= 4 is 12.1 Å². The molecule has 0 aliphatic rings. The van der Waals surface area contributed by atoms with Crippen LogP contribution in [0.4, 0.5) is 4.79 Å². The van der Waals surface area contributed by atoms with Crippen molar-refractivity contribution in [1.29, 1.82) is 0 Å². The lowest BCUT2D eigenvalue weighted by Gasteiger charge is -2.24. The first-order valence-electron chi connectivity index (χ1n) is 7.96. The third-order valence-corrected chi connectivity index (χ3v) is 3.42. The Bertz CT molecular complexity index is 721. The minimum absolute atomic E-state index is 0.224. The average Bonchev–Trinajstić information content (AvgIpc) is 2.54. The molecule has 1 atom stereocenters. The van der Waals surface area contributed by atoms with Crippen LogP contribution in [0, 0.1) is 0 Å². The molecule has 0 aliphatic carbocycles. The van der Waals surface area contributed by atoms with Gasteiger partial charge in [-0.1, -0.05) is 18.2 Å². The first-order valence-corrected chi connectivity index (χ1v) is 7.96. The fourth-order valence-corrected chi connectivity index (χ4v) is 2.30. The highest BCUT2D eigenvalue weighted by atomic mass is 16.6. The lowest BCUT2D eigenvalue weighted by molar-refractivity contribution is 0.0503. The largest absolute Gasteiger partial charge is 0.478 e. The SMILES string of the molecule is CC(C)(C)OC(=O)NC(Cc1ccc(C(=O)O)cc1)c1cccnc1. The number of alkyl carbamates (subject to hydrolysis) is 1. The van der Waals surface area contributed by atoms with Crippen LogP contribution in [0.2, 0.25) is 0 Å². The number of nitrogens with zero attached hydrogens (tertiary/aromatic N) is 1. The number of aromatic nitrogens is 1. The lowest BCUT2D eigenvalue weighted by atomic mass is 9.99. The quantitative estimate of drug-likeness (QED) is 0.867. The maximum absolute atomic E-state index is 12.1. The third-order valence-electron chi connectivity index (χ3n) is 3.42. The van der Waals surface area contributed by atoms with Crippen LogP contribution in [-0.2, 0) is 11.2 Å². The second kappa shape index (κ2) is 7.79. The number of carbonyl (C=O) groups is 2. The van der Waals surface area contributed by atoms with Crippen LogP contribution >= 0.6 is 0 Å². The summed E-state index contributed by atoms with van der Waals surface area (Å²) in [5, 5.41) is 11.8. The summed E-state index contributed by atoms with van der Waals surface area (Å²) < 4.78 is 5.33. The molecule has 6 heteroatoms. The number of ether oxygens (including phenoxy) is 1. The van der Waals surface area contributed by atoms with E-state index in [1.807, 2.05) is 6.07 Å². The number of amides is 1. The van der Waals surface area contributed by atoms with Crippen molar-refractivity contribution in [2.45, 2.75) is 38.8 Å².